The Kier molecular flexibility index (Phi) is 4.53. The summed E-state index contributed by atoms with van der Waals surface area (Å²) < 4.78 is 50.3. The molecule has 4 heterocycles. The Bertz CT molecular complexity index is 1030. The SMILES string of the molecule is O=[N+]([O-])c1cn2c(n1)OC[C@@H](Oc1ccc(-c3ccc(C(F)(F)F)nc3)cn1)C2. The van der Waals surface area contributed by atoms with Gasteiger partial charge < -0.3 is 19.6 Å². The smallest absolute Gasteiger partial charge is 0.433 e. The predicted molar refractivity (Wildman–Crippen MR) is 91.3 cm³/mol. The standard InChI is InChI=1S/C17H12F3N5O4/c18-17(19,20)13-3-1-10(5-21-13)11-2-4-15(22-6-11)29-12-7-24-8-14(25(26)27)23-16(24)28-9-12/h1-6,8,12H,7,9H2/t12-/m0/s1. The Morgan fingerprint density at radius 3 is 2.48 bits per heavy atom. The van der Waals surface area contributed by atoms with Crippen LogP contribution >= 0.6 is 0 Å². The number of hydrogen-bond acceptors (Lipinski definition) is 7. The van der Waals surface area contributed by atoms with Gasteiger partial charge in [-0.15, -0.1) is 0 Å². The van der Waals surface area contributed by atoms with Crippen molar-refractivity contribution in [2.45, 2.75) is 18.8 Å². The van der Waals surface area contributed by atoms with Crippen molar-refractivity contribution in [3.8, 4) is 23.0 Å². The van der Waals surface area contributed by atoms with Crippen molar-refractivity contribution in [3.63, 3.8) is 0 Å². The summed E-state index contributed by atoms with van der Waals surface area (Å²) in [6, 6.07) is 5.58. The van der Waals surface area contributed by atoms with Crippen LogP contribution in [0.15, 0.2) is 42.9 Å². The van der Waals surface area contributed by atoms with Crippen molar-refractivity contribution < 1.29 is 27.6 Å². The van der Waals surface area contributed by atoms with Crippen molar-refractivity contribution in [1.82, 2.24) is 19.5 Å². The summed E-state index contributed by atoms with van der Waals surface area (Å²) in [5, 5.41) is 10.8. The number of hydrogen-bond donors (Lipinski definition) is 0. The van der Waals surface area contributed by atoms with Crippen molar-refractivity contribution in [2.75, 3.05) is 6.61 Å². The van der Waals surface area contributed by atoms with Gasteiger partial charge in [-0.25, -0.2) is 4.98 Å². The van der Waals surface area contributed by atoms with Crippen molar-refractivity contribution in [2.24, 2.45) is 0 Å². The van der Waals surface area contributed by atoms with Gasteiger partial charge in [-0.1, -0.05) is 6.07 Å². The molecule has 3 aromatic rings. The van der Waals surface area contributed by atoms with Crippen LogP contribution in [0, 0.1) is 10.1 Å². The number of rotatable bonds is 4. The molecule has 0 fully saturated rings. The molecular weight excluding hydrogens is 395 g/mol. The molecule has 3 aromatic heterocycles. The second-order valence-electron chi connectivity index (χ2n) is 6.16. The molecule has 1 aliphatic heterocycles. The summed E-state index contributed by atoms with van der Waals surface area (Å²) in [6.45, 7) is 0.433. The molecule has 0 amide bonds. The zero-order valence-corrected chi connectivity index (χ0v) is 14.5. The molecule has 0 unspecified atom stereocenters. The van der Waals surface area contributed by atoms with Crippen LogP contribution in [-0.2, 0) is 12.7 Å². The molecule has 0 N–H and O–H groups in total. The van der Waals surface area contributed by atoms with Gasteiger partial charge in [-0.2, -0.15) is 13.2 Å². The summed E-state index contributed by atoms with van der Waals surface area (Å²) >= 11 is 0. The van der Waals surface area contributed by atoms with Gasteiger partial charge in [0.05, 0.1) is 6.54 Å². The third-order valence-electron chi connectivity index (χ3n) is 4.12. The number of nitrogens with zero attached hydrogens (tertiary/aromatic N) is 5. The first kappa shape index (κ1) is 18.7. The molecule has 0 saturated carbocycles. The maximum absolute atomic E-state index is 12.6. The van der Waals surface area contributed by atoms with Crippen LogP contribution in [-0.4, -0.2) is 37.2 Å². The number of fused-ring (bicyclic) bond motifs is 1. The lowest BCUT2D eigenvalue weighted by Crippen LogP contribution is -2.34. The van der Waals surface area contributed by atoms with Crippen molar-refractivity contribution >= 4 is 5.82 Å². The highest BCUT2D eigenvalue weighted by atomic mass is 19.4. The number of pyridine rings is 2. The topological polar surface area (TPSA) is 105 Å². The molecule has 0 bridgehead atoms. The predicted octanol–water partition coefficient (Wildman–Crippen LogP) is 3.11. The molecule has 29 heavy (non-hydrogen) atoms. The molecule has 1 atom stereocenters. The first-order valence-electron chi connectivity index (χ1n) is 8.30. The van der Waals surface area contributed by atoms with E-state index in [0.717, 1.165) is 12.3 Å². The minimum absolute atomic E-state index is 0.139. The summed E-state index contributed by atoms with van der Waals surface area (Å²) in [6.07, 6.45) is -1.09. The minimum atomic E-state index is -4.49. The van der Waals surface area contributed by atoms with E-state index in [9.17, 15) is 23.3 Å². The van der Waals surface area contributed by atoms with E-state index in [1.807, 2.05) is 0 Å². The minimum Gasteiger partial charge on any atom is -0.469 e. The Balaban J connectivity index is 1.43. The fourth-order valence-corrected chi connectivity index (χ4v) is 2.75. The zero-order valence-electron chi connectivity index (χ0n) is 14.5. The van der Waals surface area contributed by atoms with Gasteiger partial charge in [-0.05, 0) is 17.1 Å². The highest BCUT2D eigenvalue weighted by Crippen LogP contribution is 2.29. The number of halogens is 3. The Morgan fingerprint density at radius 2 is 1.90 bits per heavy atom. The molecule has 150 valence electrons. The summed E-state index contributed by atoms with van der Waals surface area (Å²) in [5.74, 6) is -0.0337. The average Bonchev–Trinajstić information content (AvgIpc) is 3.12. The Labute approximate surface area is 160 Å². The molecule has 0 spiro atoms. The number of imidazole rings is 1. The number of alkyl halides is 3. The summed E-state index contributed by atoms with van der Waals surface area (Å²) in [4.78, 5) is 21.5. The normalized spacial score (nSPS) is 16.0. The monoisotopic (exact) mass is 407 g/mol. The largest absolute Gasteiger partial charge is 0.469 e. The van der Waals surface area contributed by atoms with E-state index in [1.165, 1.54) is 23.0 Å². The van der Waals surface area contributed by atoms with Crippen LogP contribution in [0.2, 0.25) is 0 Å². The van der Waals surface area contributed by atoms with Crippen LogP contribution in [0.3, 0.4) is 0 Å². The second kappa shape index (κ2) is 7.04. The van der Waals surface area contributed by atoms with Gasteiger partial charge in [0.25, 0.3) is 0 Å². The fraction of sp³-hybridized carbons (Fsp3) is 0.235. The van der Waals surface area contributed by atoms with Gasteiger partial charge in [0.1, 0.15) is 18.5 Å². The van der Waals surface area contributed by atoms with E-state index in [0.29, 0.717) is 17.7 Å². The lowest BCUT2D eigenvalue weighted by atomic mass is 10.1. The third-order valence-corrected chi connectivity index (χ3v) is 4.12. The average molecular weight is 407 g/mol. The molecule has 0 aliphatic carbocycles. The molecule has 1 aliphatic rings. The van der Waals surface area contributed by atoms with Crippen LogP contribution in [0.5, 0.6) is 11.9 Å². The maximum atomic E-state index is 12.6. The van der Waals surface area contributed by atoms with Gasteiger partial charge >= 0.3 is 18.0 Å². The van der Waals surface area contributed by atoms with E-state index in [4.69, 9.17) is 9.47 Å². The van der Waals surface area contributed by atoms with Gasteiger partial charge in [0.15, 0.2) is 6.10 Å². The lowest BCUT2D eigenvalue weighted by molar-refractivity contribution is -0.389. The molecule has 4 rings (SSSR count). The van der Waals surface area contributed by atoms with Crippen molar-refractivity contribution in [3.05, 3.63) is 58.7 Å². The van der Waals surface area contributed by atoms with E-state index in [1.54, 1.807) is 12.1 Å². The van der Waals surface area contributed by atoms with E-state index in [-0.39, 0.29) is 24.3 Å². The van der Waals surface area contributed by atoms with E-state index in [2.05, 4.69) is 15.0 Å². The van der Waals surface area contributed by atoms with E-state index >= 15 is 0 Å². The first-order valence-corrected chi connectivity index (χ1v) is 8.30. The Hall–Kier alpha value is -3.70. The van der Waals surface area contributed by atoms with E-state index < -0.39 is 22.9 Å². The molecular formula is C17H12F3N5O4. The van der Waals surface area contributed by atoms with Crippen LogP contribution < -0.4 is 9.47 Å². The van der Waals surface area contributed by atoms with Gasteiger partial charge in [-0.3, -0.25) is 9.55 Å². The molecule has 0 aromatic carbocycles. The van der Waals surface area contributed by atoms with Gasteiger partial charge in [0.2, 0.25) is 5.88 Å². The van der Waals surface area contributed by atoms with Crippen LogP contribution in [0.4, 0.5) is 19.0 Å². The fourth-order valence-electron chi connectivity index (χ4n) is 2.75. The zero-order chi connectivity index (χ0) is 20.6. The molecule has 0 saturated heterocycles. The molecule has 12 heteroatoms. The number of ether oxygens (including phenoxy) is 2. The van der Waals surface area contributed by atoms with Crippen molar-refractivity contribution in [1.29, 1.82) is 0 Å². The lowest BCUT2D eigenvalue weighted by Gasteiger charge is -2.22. The Morgan fingerprint density at radius 1 is 1.17 bits per heavy atom. The molecule has 0 radical (unpaired) electrons. The van der Waals surface area contributed by atoms with Crippen LogP contribution in [0.25, 0.3) is 11.1 Å². The number of aromatic nitrogens is 4. The quantitative estimate of drug-likeness (QED) is 0.483. The summed E-state index contributed by atoms with van der Waals surface area (Å²) in [7, 11) is 0. The number of nitro groups is 1. The highest BCUT2D eigenvalue weighted by molar-refractivity contribution is 5.61. The van der Waals surface area contributed by atoms with Crippen LogP contribution in [0.1, 0.15) is 5.69 Å². The summed E-state index contributed by atoms with van der Waals surface area (Å²) in [5.41, 5.74) is 0.0879. The second-order valence-corrected chi connectivity index (χ2v) is 6.16. The molecule has 9 nitrogen and oxygen atoms in total. The maximum Gasteiger partial charge on any atom is 0.433 e. The first-order chi connectivity index (χ1) is 13.8. The highest BCUT2D eigenvalue weighted by Gasteiger charge is 2.32. The third kappa shape index (κ3) is 3.95. The van der Waals surface area contributed by atoms with Gasteiger partial charge in [0, 0.05) is 34.6 Å².